The van der Waals surface area contributed by atoms with Crippen LogP contribution in [0.1, 0.15) is 39.5 Å². The molecule has 0 aromatic heterocycles. The van der Waals surface area contributed by atoms with Gasteiger partial charge in [0, 0.05) is 25.6 Å². The quantitative estimate of drug-likeness (QED) is 0.799. The van der Waals surface area contributed by atoms with E-state index in [1.165, 1.54) is 0 Å². The van der Waals surface area contributed by atoms with Crippen LogP contribution >= 0.6 is 0 Å². The molecular weight excluding hydrogens is 216 g/mol. The fraction of sp³-hybridized carbons (Fsp3) is 0.846. The van der Waals surface area contributed by atoms with Crippen molar-refractivity contribution < 1.29 is 9.59 Å². The standard InChI is InChI=1S/C13H22N2O2/c1-9(2)7-14-13(17)10-3-6-12(16)15(8-10)11-4-5-11/h9-11H,3-8H2,1-2H3,(H,14,17)/t10-/m1/s1. The van der Waals surface area contributed by atoms with Crippen molar-refractivity contribution in [3.8, 4) is 0 Å². The highest BCUT2D eigenvalue weighted by molar-refractivity contribution is 5.84. The molecule has 1 saturated heterocycles. The Kier molecular flexibility index (Phi) is 3.69. The highest BCUT2D eigenvalue weighted by Crippen LogP contribution is 2.31. The summed E-state index contributed by atoms with van der Waals surface area (Å²) < 4.78 is 0. The smallest absolute Gasteiger partial charge is 0.224 e. The number of carbonyl (C=O) groups excluding carboxylic acids is 2. The fourth-order valence-corrected chi connectivity index (χ4v) is 2.27. The van der Waals surface area contributed by atoms with Crippen LogP contribution in [0.3, 0.4) is 0 Å². The number of piperidine rings is 1. The van der Waals surface area contributed by atoms with E-state index in [1.807, 2.05) is 4.90 Å². The zero-order chi connectivity index (χ0) is 12.4. The molecule has 17 heavy (non-hydrogen) atoms. The van der Waals surface area contributed by atoms with Crippen molar-refractivity contribution in [3.05, 3.63) is 0 Å². The molecule has 96 valence electrons. The van der Waals surface area contributed by atoms with Gasteiger partial charge in [0.25, 0.3) is 0 Å². The Morgan fingerprint density at radius 1 is 1.41 bits per heavy atom. The Morgan fingerprint density at radius 3 is 2.71 bits per heavy atom. The van der Waals surface area contributed by atoms with Gasteiger partial charge in [0.05, 0.1) is 5.92 Å². The van der Waals surface area contributed by atoms with Gasteiger partial charge in [-0.2, -0.15) is 0 Å². The van der Waals surface area contributed by atoms with Crippen molar-refractivity contribution in [2.75, 3.05) is 13.1 Å². The summed E-state index contributed by atoms with van der Waals surface area (Å²) in [5.41, 5.74) is 0. The average molecular weight is 238 g/mol. The van der Waals surface area contributed by atoms with E-state index in [4.69, 9.17) is 0 Å². The number of hydrogen-bond donors (Lipinski definition) is 1. The molecule has 0 aromatic carbocycles. The van der Waals surface area contributed by atoms with Gasteiger partial charge >= 0.3 is 0 Å². The van der Waals surface area contributed by atoms with Gasteiger partial charge < -0.3 is 10.2 Å². The molecule has 0 bridgehead atoms. The number of nitrogens with zero attached hydrogens (tertiary/aromatic N) is 1. The Morgan fingerprint density at radius 2 is 2.12 bits per heavy atom. The zero-order valence-corrected chi connectivity index (χ0v) is 10.7. The summed E-state index contributed by atoms with van der Waals surface area (Å²) in [7, 11) is 0. The van der Waals surface area contributed by atoms with Crippen LogP contribution in [0.2, 0.25) is 0 Å². The molecule has 1 heterocycles. The minimum atomic E-state index is 0.00653. The highest BCUT2D eigenvalue weighted by Gasteiger charge is 2.38. The van der Waals surface area contributed by atoms with Crippen molar-refractivity contribution in [1.82, 2.24) is 10.2 Å². The average Bonchev–Trinajstić information content (AvgIpc) is 3.10. The van der Waals surface area contributed by atoms with Crippen LogP contribution in [0.5, 0.6) is 0 Å². The van der Waals surface area contributed by atoms with Crippen LogP contribution in [-0.4, -0.2) is 35.8 Å². The molecule has 2 fully saturated rings. The second kappa shape index (κ2) is 5.07. The molecule has 0 radical (unpaired) electrons. The largest absolute Gasteiger partial charge is 0.356 e. The zero-order valence-electron chi connectivity index (χ0n) is 10.7. The van der Waals surface area contributed by atoms with Gasteiger partial charge in [0.1, 0.15) is 0 Å². The van der Waals surface area contributed by atoms with Crippen LogP contribution in [0.4, 0.5) is 0 Å². The molecule has 1 saturated carbocycles. The molecular formula is C13H22N2O2. The lowest BCUT2D eigenvalue weighted by molar-refractivity contribution is -0.138. The van der Waals surface area contributed by atoms with Gasteiger partial charge in [-0.05, 0) is 25.2 Å². The van der Waals surface area contributed by atoms with E-state index < -0.39 is 0 Å². The molecule has 1 aliphatic heterocycles. The van der Waals surface area contributed by atoms with Crippen molar-refractivity contribution >= 4 is 11.8 Å². The Labute approximate surface area is 103 Å². The molecule has 4 heteroatoms. The monoisotopic (exact) mass is 238 g/mol. The van der Waals surface area contributed by atoms with Crippen molar-refractivity contribution in [3.63, 3.8) is 0 Å². The minimum Gasteiger partial charge on any atom is -0.356 e. The molecule has 1 N–H and O–H groups in total. The SMILES string of the molecule is CC(C)CNC(=O)[C@@H]1CCC(=O)N(C2CC2)C1. The second-order valence-corrected chi connectivity index (χ2v) is 5.65. The first-order valence-corrected chi connectivity index (χ1v) is 6.65. The van der Waals surface area contributed by atoms with Crippen molar-refractivity contribution in [2.45, 2.75) is 45.6 Å². The van der Waals surface area contributed by atoms with E-state index in [0.717, 1.165) is 19.4 Å². The molecule has 1 atom stereocenters. The summed E-state index contributed by atoms with van der Waals surface area (Å²) in [4.78, 5) is 25.6. The highest BCUT2D eigenvalue weighted by atomic mass is 16.2. The molecule has 0 unspecified atom stereocenters. The third-order valence-electron chi connectivity index (χ3n) is 3.49. The third kappa shape index (κ3) is 3.20. The maximum absolute atomic E-state index is 11.9. The number of carbonyl (C=O) groups is 2. The lowest BCUT2D eigenvalue weighted by Gasteiger charge is -2.32. The fourth-order valence-electron chi connectivity index (χ4n) is 2.27. The minimum absolute atomic E-state index is 0.00653. The number of nitrogens with one attached hydrogen (secondary N) is 1. The van der Waals surface area contributed by atoms with E-state index in [-0.39, 0.29) is 17.7 Å². The van der Waals surface area contributed by atoms with E-state index in [1.54, 1.807) is 0 Å². The van der Waals surface area contributed by atoms with E-state index in [2.05, 4.69) is 19.2 Å². The maximum Gasteiger partial charge on any atom is 0.224 e. The van der Waals surface area contributed by atoms with Crippen molar-refractivity contribution in [1.29, 1.82) is 0 Å². The molecule has 2 rings (SSSR count). The van der Waals surface area contributed by atoms with Gasteiger partial charge in [0.15, 0.2) is 0 Å². The normalized spacial score (nSPS) is 25.2. The lowest BCUT2D eigenvalue weighted by Crippen LogP contribution is -2.47. The maximum atomic E-state index is 11.9. The molecule has 2 aliphatic rings. The number of likely N-dealkylation sites (tertiary alicyclic amines) is 1. The topological polar surface area (TPSA) is 49.4 Å². The Hall–Kier alpha value is -1.06. The van der Waals surface area contributed by atoms with Gasteiger partial charge in [0.2, 0.25) is 11.8 Å². The predicted octanol–water partition coefficient (Wildman–Crippen LogP) is 1.16. The first-order chi connectivity index (χ1) is 8.08. The van der Waals surface area contributed by atoms with Crippen LogP contribution in [-0.2, 0) is 9.59 Å². The lowest BCUT2D eigenvalue weighted by atomic mass is 9.96. The number of rotatable bonds is 4. The van der Waals surface area contributed by atoms with Crippen LogP contribution in [0.15, 0.2) is 0 Å². The number of amides is 2. The summed E-state index contributed by atoms with van der Waals surface area (Å²) >= 11 is 0. The first-order valence-electron chi connectivity index (χ1n) is 6.65. The Bertz CT molecular complexity index is 311. The molecule has 4 nitrogen and oxygen atoms in total. The second-order valence-electron chi connectivity index (χ2n) is 5.65. The van der Waals surface area contributed by atoms with Crippen LogP contribution in [0, 0.1) is 11.8 Å². The molecule has 0 aromatic rings. The first kappa shape index (κ1) is 12.4. The molecule has 1 aliphatic carbocycles. The van der Waals surface area contributed by atoms with E-state index >= 15 is 0 Å². The summed E-state index contributed by atoms with van der Waals surface area (Å²) in [6.45, 7) is 5.53. The van der Waals surface area contributed by atoms with Gasteiger partial charge in [-0.1, -0.05) is 13.8 Å². The summed E-state index contributed by atoms with van der Waals surface area (Å²) in [5.74, 6) is 0.841. The van der Waals surface area contributed by atoms with E-state index in [0.29, 0.717) is 31.3 Å². The summed E-state index contributed by atoms with van der Waals surface area (Å²) in [6.07, 6.45) is 3.49. The third-order valence-corrected chi connectivity index (χ3v) is 3.49. The van der Waals surface area contributed by atoms with Gasteiger partial charge in [-0.15, -0.1) is 0 Å². The molecule has 2 amide bonds. The van der Waals surface area contributed by atoms with Crippen LogP contribution < -0.4 is 5.32 Å². The predicted molar refractivity (Wildman–Crippen MR) is 65.3 cm³/mol. The summed E-state index contributed by atoms with van der Waals surface area (Å²) in [5, 5.41) is 2.97. The number of hydrogen-bond acceptors (Lipinski definition) is 2. The van der Waals surface area contributed by atoms with Crippen LogP contribution in [0.25, 0.3) is 0 Å². The molecule has 0 spiro atoms. The Balaban J connectivity index is 1.84. The van der Waals surface area contributed by atoms with Crippen molar-refractivity contribution in [2.24, 2.45) is 11.8 Å². The van der Waals surface area contributed by atoms with Gasteiger partial charge in [-0.3, -0.25) is 9.59 Å². The summed E-state index contributed by atoms with van der Waals surface area (Å²) in [6, 6.07) is 0.434. The van der Waals surface area contributed by atoms with E-state index in [9.17, 15) is 9.59 Å². The van der Waals surface area contributed by atoms with Gasteiger partial charge in [-0.25, -0.2) is 0 Å².